The first-order chi connectivity index (χ1) is 7.20. The number of aliphatic hydroxyl groups is 2. The van der Waals surface area contributed by atoms with Crippen LogP contribution in [0, 0.1) is 0 Å². The van der Waals surface area contributed by atoms with Gasteiger partial charge in [0.2, 0.25) is 0 Å². The fourth-order valence-electron chi connectivity index (χ4n) is 1.53. The summed E-state index contributed by atoms with van der Waals surface area (Å²) < 4.78 is 14.5. The van der Waals surface area contributed by atoms with Crippen LogP contribution in [0.3, 0.4) is 0 Å². The van der Waals surface area contributed by atoms with E-state index < -0.39 is 12.2 Å². The van der Waals surface area contributed by atoms with Crippen LogP contribution in [-0.2, 0) is 14.2 Å². The van der Waals surface area contributed by atoms with E-state index in [4.69, 9.17) is 19.7 Å². The molecule has 0 aromatic rings. The Labute approximate surface area is 88.6 Å². The highest BCUT2D eigenvalue weighted by molar-refractivity contribution is 4.93. The summed E-state index contributed by atoms with van der Waals surface area (Å²) in [6.07, 6.45) is 0.925. The van der Waals surface area contributed by atoms with E-state index in [0.717, 1.165) is 0 Å². The van der Waals surface area contributed by atoms with E-state index in [1.807, 2.05) is 0 Å². The van der Waals surface area contributed by atoms with Crippen molar-refractivity contribution in [3.05, 3.63) is 25.7 Å². The van der Waals surface area contributed by atoms with Gasteiger partial charge < -0.3 is 24.4 Å². The molecule has 2 aliphatic heterocycles. The van der Waals surface area contributed by atoms with Crippen molar-refractivity contribution in [3.8, 4) is 0 Å². The van der Waals surface area contributed by atoms with Crippen molar-refractivity contribution in [3.63, 3.8) is 0 Å². The van der Waals surface area contributed by atoms with E-state index >= 15 is 0 Å². The molecule has 15 heavy (non-hydrogen) atoms. The van der Waals surface area contributed by atoms with E-state index in [1.165, 1.54) is 12.5 Å². The van der Waals surface area contributed by atoms with Crippen molar-refractivity contribution in [1.29, 1.82) is 0 Å². The first kappa shape index (κ1) is 12.2. The van der Waals surface area contributed by atoms with Gasteiger partial charge in [-0.05, 0) is 0 Å². The second kappa shape index (κ2) is 5.87. The SMILES string of the molecule is C=COC=C.O[C@@H]1CO[C@H]2[C@@H]1OC[C@@H]2O. The van der Waals surface area contributed by atoms with Gasteiger partial charge in [0, 0.05) is 0 Å². The minimum atomic E-state index is -0.554. The van der Waals surface area contributed by atoms with Gasteiger partial charge in [-0.3, -0.25) is 0 Å². The van der Waals surface area contributed by atoms with Crippen molar-refractivity contribution in [2.75, 3.05) is 13.2 Å². The monoisotopic (exact) mass is 216 g/mol. The van der Waals surface area contributed by atoms with Crippen LogP contribution in [0.2, 0.25) is 0 Å². The van der Waals surface area contributed by atoms with E-state index in [2.05, 4.69) is 17.9 Å². The highest BCUT2D eigenvalue weighted by atomic mass is 16.6. The van der Waals surface area contributed by atoms with Gasteiger partial charge in [-0.1, -0.05) is 13.2 Å². The van der Waals surface area contributed by atoms with Crippen LogP contribution in [-0.4, -0.2) is 47.8 Å². The van der Waals surface area contributed by atoms with Crippen LogP contribution in [0.1, 0.15) is 0 Å². The first-order valence-corrected chi connectivity index (χ1v) is 4.67. The summed E-state index contributed by atoms with van der Waals surface area (Å²) in [6.45, 7) is 7.08. The predicted molar refractivity (Wildman–Crippen MR) is 53.0 cm³/mol. The molecule has 0 aromatic heterocycles. The number of fused-ring (bicyclic) bond motifs is 1. The summed E-state index contributed by atoms with van der Waals surface area (Å²) >= 11 is 0. The number of rotatable bonds is 2. The topological polar surface area (TPSA) is 68.2 Å². The molecule has 0 amide bonds. The molecule has 2 rings (SSSR count). The van der Waals surface area contributed by atoms with Crippen LogP contribution < -0.4 is 0 Å². The Bertz CT molecular complexity index is 196. The number of hydrogen-bond acceptors (Lipinski definition) is 5. The highest BCUT2D eigenvalue weighted by Gasteiger charge is 2.46. The molecular formula is C10H16O5. The summed E-state index contributed by atoms with van der Waals surface area (Å²) in [4.78, 5) is 0. The third-order valence-corrected chi connectivity index (χ3v) is 2.19. The van der Waals surface area contributed by atoms with E-state index in [0.29, 0.717) is 0 Å². The molecule has 0 radical (unpaired) electrons. The molecule has 86 valence electrons. The molecule has 2 saturated heterocycles. The molecule has 0 saturated carbocycles. The number of ether oxygens (including phenoxy) is 3. The third kappa shape index (κ3) is 3.04. The maximum atomic E-state index is 9.16. The van der Waals surface area contributed by atoms with Gasteiger partial charge in [-0.2, -0.15) is 0 Å². The zero-order chi connectivity index (χ0) is 11.3. The number of aliphatic hydroxyl groups excluding tert-OH is 2. The Morgan fingerprint density at radius 3 is 1.67 bits per heavy atom. The van der Waals surface area contributed by atoms with Gasteiger partial charge >= 0.3 is 0 Å². The van der Waals surface area contributed by atoms with E-state index in [9.17, 15) is 0 Å². The highest BCUT2D eigenvalue weighted by Crippen LogP contribution is 2.26. The van der Waals surface area contributed by atoms with Gasteiger partial charge in [-0.15, -0.1) is 0 Å². The molecule has 0 aliphatic carbocycles. The second-order valence-corrected chi connectivity index (χ2v) is 3.20. The number of hydrogen-bond donors (Lipinski definition) is 2. The van der Waals surface area contributed by atoms with Crippen LogP contribution in [0.15, 0.2) is 25.7 Å². The molecule has 2 fully saturated rings. The fraction of sp³-hybridized carbons (Fsp3) is 0.600. The zero-order valence-electron chi connectivity index (χ0n) is 8.41. The van der Waals surface area contributed by atoms with Crippen LogP contribution >= 0.6 is 0 Å². The van der Waals surface area contributed by atoms with Gasteiger partial charge in [0.15, 0.2) is 0 Å². The van der Waals surface area contributed by atoms with Crippen LogP contribution in [0.5, 0.6) is 0 Å². The lowest BCUT2D eigenvalue weighted by atomic mass is 10.1. The Morgan fingerprint density at radius 1 is 1.00 bits per heavy atom. The van der Waals surface area contributed by atoms with Gasteiger partial charge in [-0.25, -0.2) is 0 Å². The Kier molecular flexibility index (Phi) is 4.77. The zero-order valence-corrected chi connectivity index (χ0v) is 8.41. The first-order valence-electron chi connectivity index (χ1n) is 4.67. The van der Waals surface area contributed by atoms with Crippen molar-refractivity contribution >= 4 is 0 Å². The average Bonchev–Trinajstić information content (AvgIpc) is 2.75. The lowest BCUT2D eigenvalue weighted by Gasteiger charge is -2.09. The lowest BCUT2D eigenvalue weighted by Crippen LogP contribution is -2.30. The quantitative estimate of drug-likeness (QED) is 0.625. The minimum absolute atomic E-state index is 0.284. The van der Waals surface area contributed by atoms with Crippen LogP contribution in [0.25, 0.3) is 0 Å². The van der Waals surface area contributed by atoms with Crippen LogP contribution in [0.4, 0.5) is 0 Å². The molecule has 5 nitrogen and oxygen atoms in total. The summed E-state index contributed by atoms with van der Waals surface area (Å²) in [5.41, 5.74) is 0. The van der Waals surface area contributed by atoms with Gasteiger partial charge in [0.1, 0.15) is 24.4 Å². The molecule has 5 heteroatoms. The summed E-state index contributed by atoms with van der Waals surface area (Å²) in [6, 6.07) is 0. The smallest absolute Gasteiger partial charge is 0.114 e. The molecule has 0 aromatic carbocycles. The Hall–Kier alpha value is -0.880. The normalized spacial score (nSPS) is 37.5. The molecule has 0 spiro atoms. The van der Waals surface area contributed by atoms with Gasteiger partial charge in [0.25, 0.3) is 0 Å². The summed E-state index contributed by atoms with van der Waals surface area (Å²) in [5, 5.41) is 18.3. The Balaban J connectivity index is 0.000000195. The predicted octanol–water partition coefficient (Wildman–Crippen LogP) is -0.204. The molecule has 2 N–H and O–H groups in total. The van der Waals surface area contributed by atoms with Crippen molar-refractivity contribution < 1.29 is 24.4 Å². The van der Waals surface area contributed by atoms with Crippen molar-refractivity contribution in [1.82, 2.24) is 0 Å². The van der Waals surface area contributed by atoms with E-state index in [1.54, 1.807) is 0 Å². The lowest BCUT2D eigenvalue weighted by molar-refractivity contribution is 0.00205. The minimum Gasteiger partial charge on any atom is -0.474 e. The third-order valence-electron chi connectivity index (χ3n) is 2.19. The van der Waals surface area contributed by atoms with Crippen molar-refractivity contribution in [2.45, 2.75) is 24.4 Å². The maximum absolute atomic E-state index is 9.16. The van der Waals surface area contributed by atoms with Gasteiger partial charge in [0.05, 0.1) is 25.7 Å². The van der Waals surface area contributed by atoms with E-state index in [-0.39, 0.29) is 25.4 Å². The molecule has 2 aliphatic rings. The summed E-state index contributed by atoms with van der Waals surface area (Å²) in [7, 11) is 0. The Morgan fingerprint density at radius 2 is 1.40 bits per heavy atom. The van der Waals surface area contributed by atoms with Crippen molar-refractivity contribution in [2.24, 2.45) is 0 Å². The largest absolute Gasteiger partial charge is 0.474 e. The average molecular weight is 216 g/mol. The molecule has 0 bridgehead atoms. The fourth-order valence-corrected chi connectivity index (χ4v) is 1.53. The second-order valence-electron chi connectivity index (χ2n) is 3.20. The molecule has 2 heterocycles. The molecule has 4 atom stereocenters. The maximum Gasteiger partial charge on any atom is 0.114 e. The summed E-state index contributed by atoms with van der Waals surface area (Å²) in [5.74, 6) is 0. The molecule has 0 unspecified atom stereocenters. The molecular weight excluding hydrogens is 200 g/mol. The standard InChI is InChI=1S/C6H10O4.C4H6O/c7-3-1-9-6-4(8)2-10-5(3)6;1-3-5-4-2/h3-8H,1-2H2;3-4H,1-2H2/t3-,4+,5-,6-;/m1./s1.